The number of unbranched alkanes of at least 4 members (excludes halogenated alkanes) is 2. The lowest BCUT2D eigenvalue weighted by Crippen LogP contribution is -2.38. The number of halogens is 1. The van der Waals surface area contributed by atoms with Gasteiger partial charge in [0.25, 0.3) is 0 Å². The topological polar surface area (TPSA) is 12.5 Å². The second kappa shape index (κ2) is 7.27. The van der Waals surface area contributed by atoms with E-state index < -0.39 is 0 Å². The van der Waals surface area contributed by atoms with E-state index in [0.29, 0.717) is 0 Å². The van der Waals surface area contributed by atoms with Crippen LogP contribution in [-0.4, -0.2) is 31.1 Å². The first-order valence-corrected chi connectivity index (χ1v) is 7.68. The average Bonchev–Trinajstić information content (AvgIpc) is 2.40. The van der Waals surface area contributed by atoms with E-state index in [1.54, 1.807) is 0 Å². The van der Waals surface area contributed by atoms with E-state index in [1.165, 1.54) is 31.4 Å². The molecule has 1 unspecified atom stereocenters. The monoisotopic (exact) mass is 311 g/mol. The Morgan fingerprint density at radius 2 is 2.06 bits per heavy atom. The van der Waals surface area contributed by atoms with E-state index in [2.05, 4.69) is 52.0 Å². The van der Waals surface area contributed by atoms with Crippen molar-refractivity contribution in [1.82, 2.24) is 4.90 Å². The molecule has 18 heavy (non-hydrogen) atoms. The summed E-state index contributed by atoms with van der Waals surface area (Å²) in [5.74, 6) is 0. The van der Waals surface area contributed by atoms with Crippen LogP contribution in [0.4, 0.5) is 0 Å². The van der Waals surface area contributed by atoms with E-state index in [9.17, 15) is 0 Å². The van der Waals surface area contributed by atoms with Crippen LogP contribution in [0.15, 0.2) is 28.7 Å². The van der Waals surface area contributed by atoms with Crippen molar-refractivity contribution >= 4 is 15.9 Å². The van der Waals surface area contributed by atoms with Crippen LogP contribution in [0.25, 0.3) is 0 Å². The third-order valence-corrected chi connectivity index (χ3v) is 4.00. The minimum Gasteiger partial charge on any atom is -0.371 e. The summed E-state index contributed by atoms with van der Waals surface area (Å²) in [6.07, 6.45) is 4.18. The van der Waals surface area contributed by atoms with Gasteiger partial charge in [-0.15, -0.1) is 0 Å². The summed E-state index contributed by atoms with van der Waals surface area (Å²) in [6, 6.07) is 8.50. The SMILES string of the molecule is CCCCCN1CCOC(c2ccc(Br)cc2)C1. The first kappa shape index (κ1) is 14.0. The van der Waals surface area contributed by atoms with Gasteiger partial charge in [0.1, 0.15) is 0 Å². The van der Waals surface area contributed by atoms with Gasteiger partial charge in [-0.2, -0.15) is 0 Å². The van der Waals surface area contributed by atoms with E-state index in [-0.39, 0.29) is 6.10 Å². The van der Waals surface area contributed by atoms with Crippen LogP contribution in [0.5, 0.6) is 0 Å². The second-order valence-electron chi connectivity index (χ2n) is 4.92. The quantitative estimate of drug-likeness (QED) is 0.762. The third kappa shape index (κ3) is 4.08. The fourth-order valence-corrected chi connectivity index (χ4v) is 2.63. The highest BCUT2D eigenvalue weighted by Crippen LogP contribution is 2.23. The summed E-state index contributed by atoms with van der Waals surface area (Å²) < 4.78 is 7.01. The standard InChI is InChI=1S/C15H22BrNO/c1-2-3-4-9-17-10-11-18-15(12-17)13-5-7-14(16)8-6-13/h5-8,15H,2-4,9-12H2,1H3. The maximum atomic E-state index is 5.88. The number of rotatable bonds is 5. The molecular formula is C15H22BrNO. The van der Waals surface area contributed by atoms with E-state index in [4.69, 9.17) is 4.74 Å². The number of benzene rings is 1. The van der Waals surface area contributed by atoms with Gasteiger partial charge in [-0.1, -0.05) is 47.8 Å². The zero-order valence-electron chi connectivity index (χ0n) is 11.1. The molecule has 0 bridgehead atoms. The highest BCUT2D eigenvalue weighted by atomic mass is 79.9. The molecule has 1 aliphatic rings. The predicted molar refractivity (Wildman–Crippen MR) is 78.8 cm³/mol. The number of hydrogen-bond acceptors (Lipinski definition) is 2. The molecule has 0 amide bonds. The number of morpholine rings is 1. The number of nitrogens with zero attached hydrogens (tertiary/aromatic N) is 1. The zero-order chi connectivity index (χ0) is 12.8. The minimum absolute atomic E-state index is 0.244. The molecule has 1 aliphatic heterocycles. The third-order valence-electron chi connectivity index (χ3n) is 3.47. The van der Waals surface area contributed by atoms with Gasteiger partial charge in [-0.25, -0.2) is 0 Å². The van der Waals surface area contributed by atoms with Crippen LogP contribution >= 0.6 is 15.9 Å². The van der Waals surface area contributed by atoms with Crippen molar-refractivity contribution in [2.45, 2.75) is 32.3 Å². The minimum atomic E-state index is 0.244. The lowest BCUT2D eigenvalue weighted by atomic mass is 10.1. The molecule has 0 aromatic heterocycles. The molecule has 0 spiro atoms. The highest BCUT2D eigenvalue weighted by Gasteiger charge is 2.21. The summed E-state index contributed by atoms with van der Waals surface area (Å²) in [5.41, 5.74) is 1.29. The molecule has 1 aromatic rings. The van der Waals surface area contributed by atoms with Crippen LogP contribution in [0.1, 0.15) is 37.9 Å². The summed E-state index contributed by atoms with van der Waals surface area (Å²) in [7, 11) is 0. The van der Waals surface area contributed by atoms with E-state index in [0.717, 1.165) is 24.2 Å². The van der Waals surface area contributed by atoms with Gasteiger partial charge in [-0.05, 0) is 30.7 Å². The summed E-state index contributed by atoms with van der Waals surface area (Å²) in [5, 5.41) is 0. The Morgan fingerprint density at radius 3 is 2.78 bits per heavy atom. The largest absolute Gasteiger partial charge is 0.371 e. The molecule has 1 saturated heterocycles. The van der Waals surface area contributed by atoms with Crippen molar-refractivity contribution in [3.63, 3.8) is 0 Å². The molecule has 1 heterocycles. The van der Waals surface area contributed by atoms with Crippen molar-refractivity contribution in [2.75, 3.05) is 26.2 Å². The molecule has 0 radical (unpaired) electrons. The lowest BCUT2D eigenvalue weighted by molar-refractivity contribution is -0.0303. The van der Waals surface area contributed by atoms with Crippen molar-refractivity contribution in [1.29, 1.82) is 0 Å². The molecule has 0 saturated carbocycles. The second-order valence-corrected chi connectivity index (χ2v) is 5.83. The van der Waals surface area contributed by atoms with Gasteiger partial charge in [0, 0.05) is 17.6 Å². The highest BCUT2D eigenvalue weighted by molar-refractivity contribution is 9.10. The van der Waals surface area contributed by atoms with Gasteiger partial charge in [-0.3, -0.25) is 4.90 Å². The Balaban J connectivity index is 1.88. The van der Waals surface area contributed by atoms with Crippen molar-refractivity contribution in [3.8, 4) is 0 Å². The van der Waals surface area contributed by atoms with Crippen LogP contribution < -0.4 is 0 Å². The molecule has 0 aliphatic carbocycles. The van der Waals surface area contributed by atoms with Crippen LogP contribution in [0.2, 0.25) is 0 Å². The van der Waals surface area contributed by atoms with Crippen molar-refractivity contribution in [2.24, 2.45) is 0 Å². The van der Waals surface area contributed by atoms with E-state index in [1.807, 2.05) is 0 Å². The molecular weight excluding hydrogens is 290 g/mol. The predicted octanol–water partition coefficient (Wildman–Crippen LogP) is 4.01. The van der Waals surface area contributed by atoms with Gasteiger partial charge < -0.3 is 4.74 Å². The molecule has 1 fully saturated rings. The Hall–Kier alpha value is -0.380. The zero-order valence-corrected chi connectivity index (χ0v) is 12.7. The molecule has 0 N–H and O–H groups in total. The molecule has 100 valence electrons. The van der Waals surface area contributed by atoms with Crippen molar-refractivity contribution in [3.05, 3.63) is 34.3 Å². The summed E-state index contributed by atoms with van der Waals surface area (Å²) in [6.45, 7) is 6.43. The Labute approximate surface area is 118 Å². The van der Waals surface area contributed by atoms with Crippen LogP contribution in [0.3, 0.4) is 0 Å². The number of ether oxygens (including phenoxy) is 1. The fourth-order valence-electron chi connectivity index (χ4n) is 2.37. The molecule has 2 rings (SSSR count). The molecule has 1 aromatic carbocycles. The normalized spacial score (nSPS) is 21.1. The molecule has 1 atom stereocenters. The first-order valence-electron chi connectivity index (χ1n) is 6.89. The number of hydrogen-bond donors (Lipinski definition) is 0. The molecule has 2 nitrogen and oxygen atoms in total. The van der Waals surface area contributed by atoms with Gasteiger partial charge in [0.15, 0.2) is 0 Å². The summed E-state index contributed by atoms with van der Waals surface area (Å²) in [4.78, 5) is 2.53. The molecule has 3 heteroatoms. The van der Waals surface area contributed by atoms with E-state index >= 15 is 0 Å². The maximum absolute atomic E-state index is 5.88. The lowest BCUT2D eigenvalue weighted by Gasteiger charge is -2.33. The fraction of sp³-hybridized carbons (Fsp3) is 0.600. The van der Waals surface area contributed by atoms with Gasteiger partial charge >= 0.3 is 0 Å². The average molecular weight is 312 g/mol. The van der Waals surface area contributed by atoms with Crippen molar-refractivity contribution < 1.29 is 4.74 Å². The summed E-state index contributed by atoms with van der Waals surface area (Å²) >= 11 is 3.47. The van der Waals surface area contributed by atoms with Gasteiger partial charge in [0.05, 0.1) is 12.7 Å². The Morgan fingerprint density at radius 1 is 1.28 bits per heavy atom. The van der Waals surface area contributed by atoms with Crippen LogP contribution in [0, 0.1) is 0 Å². The van der Waals surface area contributed by atoms with Crippen LogP contribution in [-0.2, 0) is 4.74 Å². The van der Waals surface area contributed by atoms with Gasteiger partial charge in [0.2, 0.25) is 0 Å². The first-order chi connectivity index (χ1) is 8.79. The maximum Gasteiger partial charge on any atom is 0.0952 e. The Bertz CT molecular complexity index is 352. The smallest absolute Gasteiger partial charge is 0.0952 e. The Kier molecular flexibility index (Phi) is 5.67.